The summed E-state index contributed by atoms with van der Waals surface area (Å²) in [7, 11) is 0. The molecule has 1 aromatic heterocycles. The van der Waals surface area contributed by atoms with Gasteiger partial charge in [-0.1, -0.05) is 17.7 Å². The molecule has 18 heavy (non-hydrogen) atoms. The summed E-state index contributed by atoms with van der Waals surface area (Å²) in [6.07, 6.45) is 1.58. The number of hydrogen-bond acceptors (Lipinski definition) is 2. The van der Waals surface area contributed by atoms with E-state index in [2.05, 4.69) is 5.10 Å². The number of aromatic nitrogens is 2. The number of carboxylic acids is 1. The van der Waals surface area contributed by atoms with Gasteiger partial charge in [-0.3, -0.25) is 4.68 Å². The third-order valence-corrected chi connectivity index (χ3v) is 2.96. The van der Waals surface area contributed by atoms with Crippen LogP contribution in [0.5, 0.6) is 0 Å². The zero-order valence-corrected chi connectivity index (χ0v) is 10.8. The van der Waals surface area contributed by atoms with Crippen molar-refractivity contribution in [3.8, 4) is 11.3 Å². The fourth-order valence-electron chi connectivity index (χ4n) is 1.93. The van der Waals surface area contributed by atoms with Crippen molar-refractivity contribution < 1.29 is 9.90 Å². The van der Waals surface area contributed by atoms with E-state index in [9.17, 15) is 9.90 Å². The maximum atomic E-state index is 11.3. The summed E-state index contributed by atoms with van der Waals surface area (Å²) >= 11 is 0. The molecule has 0 spiro atoms. The lowest BCUT2D eigenvalue weighted by Gasteiger charge is -2.05. The summed E-state index contributed by atoms with van der Waals surface area (Å²) in [5, 5.41) is 13.6. The highest BCUT2D eigenvalue weighted by atomic mass is 16.4. The van der Waals surface area contributed by atoms with Gasteiger partial charge in [-0.25, -0.2) is 4.79 Å². The highest BCUT2D eigenvalue weighted by Crippen LogP contribution is 2.26. The van der Waals surface area contributed by atoms with Gasteiger partial charge in [0.25, 0.3) is 0 Å². The molecule has 0 bridgehead atoms. The molecule has 0 amide bonds. The molecule has 0 aliphatic carbocycles. The van der Waals surface area contributed by atoms with Gasteiger partial charge < -0.3 is 5.11 Å². The number of nitrogens with zero attached hydrogens (tertiary/aromatic N) is 2. The van der Waals surface area contributed by atoms with Crippen molar-refractivity contribution in [1.29, 1.82) is 0 Å². The molecule has 4 nitrogen and oxygen atoms in total. The number of benzene rings is 1. The molecule has 0 aliphatic rings. The van der Waals surface area contributed by atoms with E-state index in [-0.39, 0.29) is 5.56 Å². The van der Waals surface area contributed by atoms with Crippen LogP contribution in [0.3, 0.4) is 0 Å². The number of aryl methyl sites for hydroxylation is 3. The smallest absolute Gasteiger partial charge is 0.339 e. The van der Waals surface area contributed by atoms with Crippen molar-refractivity contribution in [1.82, 2.24) is 9.78 Å². The van der Waals surface area contributed by atoms with Crippen LogP contribution in [0.25, 0.3) is 11.3 Å². The molecule has 1 N–H and O–H groups in total. The van der Waals surface area contributed by atoms with Gasteiger partial charge >= 0.3 is 5.97 Å². The Morgan fingerprint density at radius 1 is 1.39 bits per heavy atom. The summed E-state index contributed by atoms with van der Waals surface area (Å²) in [6.45, 7) is 6.54. The monoisotopic (exact) mass is 244 g/mol. The first-order valence-electron chi connectivity index (χ1n) is 5.91. The Hall–Kier alpha value is -2.10. The first-order chi connectivity index (χ1) is 8.52. The molecule has 0 radical (unpaired) electrons. The molecule has 2 rings (SSSR count). The van der Waals surface area contributed by atoms with Crippen LogP contribution in [0.15, 0.2) is 24.4 Å². The fourth-order valence-corrected chi connectivity index (χ4v) is 1.93. The molecule has 0 aliphatic heterocycles. The van der Waals surface area contributed by atoms with Crippen LogP contribution >= 0.6 is 0 Å². The van der Waals surface area contributed by atoms with Crippen LogP contribution in [-0.4, -0.2) is 20.9 Å². The zero-order chi connectivity index (χ0) is 13.3. The van der Waals surface area contributed by atoms with Gasteiger partial charge in [0.1, 0.15) is 11.3 Å². The minimum absolute atomic E-state index is 0.255. The lowest BCUT2D eigenvalue weighted by Crippen LogP contribution is -1.98. The normalized spacial score (nSPS) is 10.6. The van der Waals surface area contributed by atoms with Gasteiger partial charge in [0, 0.05) is 18.3 Å². The lowest BCUT2D eigenvalue weighted by molar-refractivity contribution is 0.0697. The second-order valence-electron chi connectivity index (χ2n) is 4.37. The predicted molar refractivity (Wildman–Crippen MR) is 69.8 cm³/mol. The van der Waals surface area contributed by atoms with Crippen molar-refractivity contribution in [2.75, 3.05) is 0 Å². The number of carbonyl (C=O) groups is 1. The van der Waals surface area contributed by atoms with Crippen LogP contribution in [0, 0.1) is 13.8 Å². The number of rotatable bonds is 3. The second kappa shape index (κ2) is 4.64. The minimum atomic E-state index is -0.939. The van der Waals surface area contributed by atoms with E-state index in [0.717, 1.165) is 16.7 Å². The van der Waals surface area contributed by atoms with E-state index in [4.69, 9.17) is 0 Å². The highest BCUT2D eigenvalue weighted by Gasteiger charge is 2.18. The standard InChI is InChI=1S/C14H16N2O2/c1-4-16-8-12(14(17)18)13(15-16)11-7-9(2)5-6-10(11)3/h5-8H,4H2,1-3H3,(H,17,18). The summed E-state index contributed by atoms with van der Waals surface area (Å²) in [4.78, 5) is 11.3. The second-order valence-corrected chi connectivity index (χ2v) is 4.37. The predicted octanol–water partition coefficient (Wildman–Crippen LogP) is 2.89. The molecular formula is C14H16N2O2. The van der Waals surface area contributed by atoms with Crippen molar-refractivity contribution in [3.05, 3.63) is 41.1 Å². The van der Waals surface area contributed by atoms with Gasteiger partial charge in [0.15, 0.2) is 0 Å². The molecule has 2 aromatic rings. The van der Waals surface area contributed by atoms with Gasteiger partial charge in [0.2, 0.25) is 0 Å². The summed E-state index contributed by atoms with van der Waals surface area (Å²) in [5.74, 6) is -0.939. The molecule has 0 unspecified atom stereocenters. The SMILES string of the molecule is CCn1cc(C(=O)O)c(-c2cc(C)ccc2C)n1. The summed E-state index contributed by atoms with van der Waals surface area (Å²) < 4.78 is 1.65. The Labute approximate surface area is 106 Å². The lowest BCUT2D eigenvalue weighted by atomic mass is 10.0. The zero-order valence-electron chi connectivity index (χ0n) is 10.8. The van der Waals surface area contributed by atoms with E-state index in [1.807, 2.05) is 39.0 Å². The minimum Gasteiger partial charge on any atom is -0.478 e. The first kappa shape index (κ1) is 12.4. The van der Waals surface area contributed by atoms with Crippen LogP contribution in [-0.2, 0) is 6.54 Å². The number of carboxylic acid groups (broad SMARTS) is 1. The van der Waals surface area contributed by atoms with E-state index >= 15 is 0 Å². The maximum absolute atomic E-state index is 11.3. The van der Waals surface area contributed by atoms with Gasteiger partial charge in [-0.2, -0.15) is 5.10 Å². The topological polar surface area (TPSA) is 55.1 Å². The molecule has 0 atom stereocenters. The van der Waals surface area contributed by atoms with Gasteiger partial charge in [-0.05, 0) is 32.4 Å². The Kier molecular flexibility index (Phi) is 3.19. The Bertz CT molecular complexity index is 600. The van der Waals surface area contributed by atoms with E-state index in [0.29, 0.717) is 12.2 Å². The van der Waals surface area contributed by atoms with E-state index in [1.54, 1.807) is 10.9 Å². The Morgan fingerprint density at radius 2 is 2.11 bits per heavy atom. The number of aromatic carboxylic acids is 1. The number of hydrogen-bond donors (Lipinski definition) is 1. The Morgan fingerprint density at radius 3 is 2.72 bits per heavy atom. The molecule has 1 heterocycles. The van der Waals surface area contributed by atoms with Crippen molar-refractivity contribution in [2.24, 2.45) is 0 Å². The average molecular weight is 244 g/mol. The summed E-state index contributed by atoms with van der Waals surface area (Å²) in [6, 6.07) is 5.97. The van der Waals surface area contributed by atoms with Crippen molar-refractivity contribution >= 4 is 5.97 Å². The van der Waals surface area contributed by atoms with Crippen molar-refractivity contribution in [3.63, 3.8) is 0 Å². The van der Waals surface area contributed by atoms with Crippen LogP contribution in [0.4, 0.5) is 0 Å². The van der Waals surface area contributed by atoms with Crippen molar-refractivity contribution in [2.45, 2.75) is 27.3 Å². The van der Waals surface area contributed by atoms with Crippen LogP contribution in [0.2, 0.25) is 0 Å². The highest BCUT2D eigenvalue weighted by molar-refractivity contribution is 5.95. The van der Waals surface area contributed by atoms with Gasteiger partial charge in [-0.15, -0.1) is 0 Å². The van der Waals surface area contributed by atoms with E-state index in [1.165, 1.54) is 0 Å². The quantitative estimate of drug-likeness (QED) is 0.903. The summed E-state index contributed by atoms with van der Waals surface area (Å²) in [5.41, 5.74) is 3.82. The van der Waals surface area contributed by atoms with Gasteiger partial charge in [0.05, 0.1) is 0 Å². The molecule has 4 heteroatoms. The molecule has 0 saturated heterocycles. The average Bonchev–Trinajstić information content (AvgIpc) is 2.76. The van der Waals surface area contributed by atoms with Crippen LogP contribution < -0.4 is 0 Å². The van der Waals surface area contributed by atoms with E-state index < -0.39 is 5.97 Å². The first-order valence-corrected chi connectivity index (χ1v) is 5.91. The van der Waals surface area contributed by atoms with Crippen LogP contribution in [0.1, 0.15) is 28.4 Å². The third kappa shape index (κ3) is 2.14. The Balaban J connectivity index is 2.65. The molecule has 94 valence electrons. The largest absolute Gasteiger partial charge is 0.478 e. The maximum Gasteiger partial charge on any atom is 0.339 e. The molecular weight excluding hydrogens is 228 g/mol. The molecule has 0 fully saturated rings. The molecule has 0 saturated carbocycles. The fraction of sp³-hybridized carbons (Fsp3) is 0.286. The third-order valence-electron chi connectivity index (χ3n) is 2.96. The molecule has 1 aromatic carbocycles.